The molecular formula is C19H26N3O4P. The molecule has 0 aliphatic carbocycles. The first-order valence-corrected chi connectivity index (χ1v) is 10.5. The number of methoxy groups -OCH3 is 1. The molecule has 27 heavy (non-hydrogen) atoms. The first kappa shape index (κ1) is 20.9. The number of nitrogens with zero attached hydrogens (tertiary/aromatic N) is 2. The van der Waals surface area contributed by atoms with Crippen molar-refractivity contribution in [3.8, 4) is 11.5 Å². The highest BCUT2D eigenvalue weighted by molar-refractivity contribution is 7.69. The number of aromatic hydroxyl groups is 1. The largest absolute Gasteiger partial charge is 0.504 e. The van der Waals surface area contributed by atoms with Gasteiger partial charge in [-0.25, -0.2) is 0 Å². The second-order valence-corrected chi connectivity index (χ2v) is 8.70. The molecule has 0 aliphatic rings. The fraction of sp³-hybridized carbons (Fsp3) is 0.368. The molecule has 1 heterocycles. The topological polar surface area (TPSA) is 93.6 Å². The van der Waals surface area contributed by atoms with Crippen LogP contribution in [0.5, 0.6) is 11.5 Å². The van der Waals surface area contributed by atoms with Crippen molar-refractivity contribution >= 4 is 18.5 Å². The number of ether oxygens (including phenoxy) is 1. The Morgan fingerprint density at radius 2 is 2.00 bits per heavy atom. The molecule has 7 nitrogen and oxygen atoms in total. The number of aryl methyl sites for hydroxylation is 2. The molecule has 0 amide bonds. The van der Waals surface area contributed by atoms with Crippen LogP contribution < -0.4 is 10.1 Å². The number of anilines is 1. The van der Waals surface area contributed by atoms with Crippen LogP contribution >= 0.6 is 7.37 Å². The number of hydrogen-bond donors (Lipinski definition) is 2. The Kier molecular flexibility index (Phi) is 6.99. The number of phenolic OH excluding ortho intramolecular Hbond substituents is 1. The summed E-state index contributed by atoms with van der Waals surface area (Å²) in [6.07, 6.45) is 1.96. The van der Waals surface area contributed by atoms with Crippen LogP contribution in [0.1, 0.15) is 30.7 Å². The van der Waals surface area contributed by atoms with Gasteiger partial charge in [0.25, 0.3) is 0 Å². The van der Waals surface area contributed by atoms with Gasteiger partial charge in [0.2, 0.25) is 7.37 Å². The standard InChI is InChI=1S/C19H26N3O4P/c1-6-26-27(24,7-2)17(12-20-18-9-8-14(4)21-22-18)15-10-13(3)19(23)16(11-15)25-5/h8-12,23H,6-7H2,1-5H3,(H,20,22). The average Bonchev–Trinajstić information content (AvgIpc) is 2.66. The van der Waals surface area contributed by atoms with Crippen molar-refractivity contribution in [2.24, 2.45) is 0 Å². The Hall–Kier alpha value is -2.37. The van der Waals surface area contributed by atoms with Gasteiger partial charge in [0.15, 0.2) is 17.3 Å². The molecule has 1 aromatic carbocycles. The Morgan fingerprint density at radius 1 is 1.26 bits per heavy atom. The number of hydrogen-bond acceptors (Lipinski definition) is 7. The van der Waals surface area contributed by atoms with E-state index in [9.17, 15) is 9.67 Å². The summed E-state index contributed by atoms with van der Waals surface area (Å²) in [5, 5.41) is 21.7. The van der Waals surface area contributed by atoms with Gasteiger partial charge in [-0.3, -0.25) is 4.57 Å². The minimum Gasteiger partial charge on any atom is -0.504 e. The zero-order chi connectivity index (χ0) is 20.0. The van der Waals surface area contributed by atoms with E-state index >= 15 is 0 Å². The van der Waals surface area contributed by atoms with Crippen LogP contribution in [0.25, 0.3) is 5.31 Å². The van der Waals surface area contributed by atoms with Crippen LogP contribution in [0.4, 0.5) is 5.82 Å². The Balaban J connectivity index is 2.56. The maximum Gasteiger partial charge on any atom is 0.233 e. The maximum atomic E-state index is 13.5. The highest BCUT2D eigenvalue weighted by atomic mass is 31.2. The van der Waals surface area contributed by atoms with E-state index in [0.717, 1.165) is 5.69 Å². The van der Waals surface area contributed by atoms with Gasteiger partial charge < -0.3 is 19.7 Å². The summed E-state index contributed by atoms with van der Waals surface area (Å²) in [5.41, 5.74) is 2.06. The van der Waals surface area contributed by atoms with Crippen molar-refractivity contribution in [3.63, 3.8) is 0 Å². The van der Waals surface area contributed by atoms with Crippen LogP contribution in [0.15, 0.2) is 30.5 Å². The van der Waals surface area contributed by atoms with Crippen molar-refractivity contribution in [1.82, 2.24) is 10.2 Å². The van der Waals surface area contributed by atoms with E-state index in [-0.39, 0.29) is 5.75 Å². The second-order valence-electron chi connectivity index (χ2n) is 5.99. The van der Waals surface area contributed by atoms with E-state index in [4.69, 9.17) is 9.26 Å². The van der Waals surface area contributed by atoms with Crippen LogP contribution in [0, 0.1) is 13.8 Å². The molecule has 0 fully saturated rings. The van der Waals surface area contributed by atoms with E-state index in [1.165, 1.54) is 7.11 Å². The molecule has 2 rings (SSSR count). The Labute approximate surface area is 159 Å². The van der Waals surface area contributed by atoms with Crippen molar-refractivity contribution < 1.29 is 18.9 Å². The average molecular weight is 391 g/mol. The second kappa shape index (κ2) is 9.02. The number of rotatable bonds is 8. The molecule has 1 atom stereocenters. The molecule has 2 aromatic rings. The predicted molar refractivity (Wildman–Crippen MR) is 108 cm³/mol. The normalized spacial score (nSPS) is 13.9. The quantitative estimate of drug-likeness (QED) is 0.638. The summed E-state index contributed by atoms with van der Waals surface area (Å²) in [6.45, 7) is 7.56. The van der Waals surface area contributed by atoms with E-state index in [1.807, 2.05) is 26.8 Å². The van der Waals surface area contributed by atoms with E-state index in [2.05, 4.69) is 15.5 Å². The third-order valence-electron chi connectivity index (χ3n) is 4.06. The molecular weight excluding hydrogens is 365 g/mol. The van der Waals surface area contributed by atoms with Gasteiger partial charge >= 0.3 is 0 Å². The number of phenols is 1. The summed E-state index contributed by atoms with van der Waals surface area (Å²) >= 11 is 0. The molecule has 0 radical (unpaired) electrons. The van der Waals surface area contributed by atoms with Crippen molar-refractivity contribution in [2.45, 2.75) is 27.7 Å². The molecule has 0 saturated carbocycles. The van der Waals surface area contributed by atoms with Gasteiger partial charge in [0.1, 0.15) is 0 Å². The molecule has 0 bridgehead atoms. The third kappa shape index (κ3) is 4.87. The van der Waals surface area contributed by atoms with Gasteiger partial charge in [-0.15, -0.1) is 5.10 Å². The summed E-state index contributed by atoms with van der Waals surface area (Å²) < 4.78 is 24.4. The molecule has 2 N–H and O–H groups in total. The minimum atomic E-state index is -3.13. The smallest absolute Gasteiger partial charge is 0.233 e. The van der Waals surface area contributed by atoms with Crippen LogP contribution in [0.3, 0.4) is 0 Å². The van der Waals surface area contributed by atoms with Crippen LogP contribution in [-0.2, 0) is 9.09 Å². The van der Waals surface area contributed by atoms with Gasteiger partial charge in [0, 0.05) is 12.4 Å². The Bertz CT molecular complexity index is 866. The predicted octanol–water partition coefficient (Wildman–Crippen LogP) is 4.55. The molecule has 1 unspecified atom stereocenters. The molecule has 8 heteroatoms. The van der Waals surface area contributed by atoms with Crippen molar-refractivity contribution in [1.29, 1.82) is 0 Å². The summed E-state index contributed by atoms with van der Waals surface area (Å²) in [7, 11) is -1.65. The van der Waals surface area contributed by atoms with E-state index in [0.29, 0.717) is 40.8 Å². The fourth-order valence-electron chi connectivity index (χ4n) is 2.59. The van der Waals surface area contributed by atoms with Gasteiger partial charge in [-0.2, -0.15) is 5.10 Å². The van der Waals surface area contributed by atoms with Crippen molar-refractivity contribution in [3.05, 3.63) is 47.3 Å². The summed E-state index contributed by atoms with van der Waals surface area (Å²) in [4.78, 5) is 0. The van der Waals surface area contributed by atoms with Crippen molar-refractivity contribution in [2.75, 3.05) is 25.2 Å². The SMILES string of the molecule is CCOP(=O)(CC)C(=CNc1ccc(C)nn1)c1cc(C)c(O)c(OC)c1. The number of nitrogens with one attached hydrogen (secondary N) is 1. The van der Waals surface area contributed by atoms with Gasteiger partial charge in [0.05, 0.1) is 24.7 Å². The lowest BCUT2D eigenvalue weighted by Crippen LogP contribution is -2.02. The third-order valence-corrected chi connectivity index (χ3v) is 6.69. The van der Waals surface area contributed by atoms with Crippen LogP contribution in [0.2, 0.25) is 0 Å². The fourth-order valence-corrected chi connectivity index (χ4v) is 4.45. The molecule has 1 aromatic heterocycles. The number of benzene rings is 1. The summed E-state index contributed by atoms with van der Waals surface area (Å²) in [5.74, 6) is 0.894. The highest BCUT2D eigenvalue weighted by Crippen LogP contribution is 2.59. The number of aromatic nitrogens is 2. The lowest BCUT2D eigenvalue weighted by Gasteiger charge is -2.21. The first-order chi connectivity index (χ1) is 12.8. The van der Waals surface area contributed by atoms with E-state index in [1.54, 1.807) is 31.3 Å². The highest BCUT2D eigenvalue weighted by Gasteiger charge is 2.28. The molecule has 146 valence electrons. The molecule has 0 spiro atoms. The monoisotopic (exact) mass is 391 g/mol. The van der Waals surface area contributed by atoms with Gasteiger partial charge in [-0.05, 0) is 56.2 Å². The zero-order valence-corrected chi connectivity index (χ0v) is 17.2. The molecule has 0 saturated heterocycles. The van der Waals surface area contributed by atoms with E-state index < -0.39 is 7.37 Å². The lowest BCUT2D eigenvalue weighted by molar-refractivity contribution is 0.342. The maximum absolute atomic E-state index is 13.5. The molecule has 0 aliphatic heterocycles. The van der Waals surface area contributed by atoms with Crippen LogP contribution in [-0.4, -0.2) is 35.2 Å². The van der Waals surface area contributed by atoms with Gasteiger partial charge in [-0.1, -0.05) is 6.92 Å². The Morgan fingerprint density at radius 3 is 2.56 bits per heavy atom. The minimum absolute atomic E-state index is 0.0562. The zero-order valence-electron chi connectivity index (χ0n) is 16.3. The first-order valence-electron chi connectivity index (χ1n) is 8.73. The lowest BCUT2D eigenvalue weighted by atomic mass is 10.1. The summed E-state index contributed by atoms with van der Waals surface area (Å²) in [6, 6.07) is 7.03.